The van der Waals surface area contributed by atoms with Gasteiger partial charge >= 0.3 is 0 Å². The molecule has 1 aromatic carbocycles. The predicted molar refractivity (Wildman–Crippen MR) is 127 cm³/mol. The van der Waals surface area contributed by atoms with Crippen LogP contribution in [0.5, 0.6) is 0 Å². The van der Waals surface area contributed by atoms with E-state index in [1.165, 1.54) is 27.8 Å². The van der Waals surface area contributed by atoms with Gasteiger partial charge in [0.15, 0.2) is 0 Å². The van der Waals surface area contributed by atoms with E-state index in [1.54, 1.807) is 6.92 Å². The molecule has 7 nitrogen and oxygen atoms in total. The summed E-state index contributed by atoms with van der Waals surface area (Å²) >= 11 is 1.20. The van der Waals surface area contributed by atoms with Crippen molar-refractivity contribution >= 4 is 39.1 Å². The molecule has 32 heavy (non-hydrogen) atoms. The highest BCUT2D eigenvalue weighted by Gasteiger charge is 2.25. The minimum absolute atomic E-state index is 0.0350. The van der Waals surface area contributed by atoms with E-state index in [0.29, 0.717) is 26.3 Å². The number of aryl methyl sites for hydroxylation is 2. The van der Waals surface area contributed by atoms with Gasteiger partial charge in [0.1, 0.15) is 11.4 Å². The molecule has 3 heterocycles. The molecule has 1 aliphatic rings. The number of likely N-dealkylation sites (tertiary alicyclic amines) is 1. The zero-order valence-electron chi connectivity index (χ0n) is 18.7. The van der Waals surface area contributed by atoms with Gasteiger partial charge in [-0.3, -0.25) is 19.0 Å². The number of thiophene rings is 1. The number of carbonyl (C=O) groups is 2. The van der Waals surface area contributed by atoms with Crippen LogP contribution in [0, 0.1) is 6.92 Å². The molecular weight excluding hydrogens is 424 g/mol. The fourth-order valence-corrected chi connectivity index (χ4v) is 5.24. The van der Waals surface area contributed by atoms with Crippen molar-refractivity contribution in [2.45, 2.75) is 59.0 Å². The SMILES string of the molecule is CCc1ccc(NC(=O)c2sc3ncn(CC(=O)N4CCCCC4C)c(=O)c3c2C)cc1. The molecule has 1 unspecified atom stereocenters. The molecule has 0 bridgehead atoms. The van der Waals surface area contributed by atoms with Gasteiger partial charge in [-0.1, -0.05) is 19.1 Å². The first kappa shape index (κ1) is 22.2. The van der Waals surface area contributed by atoms with E-state index in [4.69, 9.17) is 0 Å². The van der Waals surface area contributed by atoms with Crippen LogP contribution in [0.2, 0.25) is 0 Å². The molecular formula is C24H28N4O3S. The lowest BCUT2D eigenvalue weighted by Crippen LogP contribution is -2.44. The second-order valence-corrected chi connectivity index (χ2v) is 9.35. The molecule has 0 aliphatic carbocycles. The van der Waals surface area contributed by atoms with Crippen molar-refractivity contribution < 1.29 is 9.59 Å². The summed E-state index contributed by atoms with van der Waals surface area (Å²) in [5.41, 5.74) is 2.21. The lowest BCUT2D eigenvalue weighted by atomic mass is 10.0. The summed E-state index contributed by atoms with van der Waals surface area (Å²) in [6, 6.07) is 7.89. The van der Waals surface area contributed by atoms with E-state index >= 15 is 0 Å². The Morgan fingerprint density at radius 1 is 1.22 bits per heavy atom. The van der Waals surface area contributed by atoms with Gasteiger partial charge in [0.25, 0.3) is 11.5 Å². The number of nitrogens with zero attached hydrogens (tertiary/aromatic N) is 3. The number of piperidine rings is 1. The Morgan fingerprint density at radius 3 is 2.66 bits per heavy atom. The van der Waals surface area contributed by atoms with Crippen LogP contribution >= 0.6 is 11.3 Å². The van der Waals surface area contributed by atoms with Crippen molar-refractivity contribution in [3.63, 3.8) is 0 Å². The number of aromatic nitrogens is 2. The Balaban J connectivity index is 1.58. The third-order valence-corrected chi connectivity index (χ3v) is 7.37. The maximum absolute atomic E-state index is 13.1. The topological polar surface area (TPSA) is 84.3 Å². The first-order valence-electron chi connectivity index (χ1n) is 11.1. The minimum atomic E-state index is -0.284. The first-order valence-corrected chi connectivity index (χ1v) is 11.9. The van der Waals surface area contributed by atoms with Crippen molar-refractivity contribution in [1.29, 1.82) is 0 Å². The highest BCUT2D eigenvalue weighted by molar-refractivity contribution is 7.20. The Morgan fingerprint density at radius 2 is 1.97 bits per heavy atom. The molecule has 0 radical (unpaired) electrons. The lowest BCUT2D eigenvalue weighted by molar-refractivity contribution is -0.135. The van der Waals surface area contributed by atoms with Crippen molar-refractivity contribution in [2.24, 2.45) is 0 Å². The quantitative estimate of drug-likeness (QED) is 0.635. The highest BCUT2D eigenvalue weighted by atomic mass is 32.1. The van der Waals surface area contributed by atoms with Gasteiger partial charge in [0.2, 0.25) is 5.91 Å². The third-order valence-electron chi connectivity index (χ3n) is 6.17. The van der Waals surface area contributed by atoms with E-state index in [-0.39, 0.29) is 30.0 Å². The van der Waals surface area contributed by atoms with Crippen molar-refractivity contribution in [1.82, 2.24) is 14.5 Å². The molecule has 3 aromatic rings. The minimum Gasteiger partial charge on any atom is -0.338 e. The number of hydrogen-bond acceptors (Lipinski definition) is 5. The smallest absolute Gasteiger partial charge is 0.266 e. The molecule has 4 rings (SSSR count). The average molecular weight is 453 g/mol. The second kappa shape index (κ2) is 9.24. The fraction of sp³-hybridized carbons (Fsp3) is 0.417. The van der Waals surface area contributed by atoms with Crippen LogP contribution < -0.4 is 10.9 Å². The van der Waals surface area contributed by atoms with E-state index in [1.807, 2.05) is 36.1 Å². The van der Waals surface area contributed by atoms with Crippen molar-refractivity contribution in [2.75, 3.05) is 11.9 Å². The van der Waals surface area contributed by atoms with Crippen molar-refractivity contribution in [3.05, 3.63) is 57.0 Å². The number of carbonyl (C=O) groups excluding carboxylic acids is 2. The zero-order chi connectivity index (χ0) is 22.8. The summed E-state index contributed by atoms with van der Waals surface area (Å²) in [5, 5.41) is 3.31. The summed E-state index contributed by atoms with van der Waals surface area (Å²) < 4.78 is 1.36. The van der Waals surface area contributed by atoms with Crippen LogP contribution in [0.3, 0.4) is 0 Å². The molecule has 1 aliphatic heterocycles. The molecule has 168 valence electrons. The van der Waals surface area contributed by atoms with Gasteiger partial charge in [-0.15, -0.1) is 11.3 Å². The standard InChI is InChI=1S/C24H28N4O3S/c1-4-17-8-10-18(11-9-17)26-22(30)21-16(3)20-23(32-21)25-14-27(24(20)31)13-19(29)28-12-6-5-7-15(28)2/h8-11,14-15H,4-7,12-13H2,1-3H3,(H,26,30). The van der Waals surface area contributed by atoms with Gasteiger partial charge in [0, 0.05) is 18.3 Å². The molecule has 0 spiro atoms. The van der Waals surface area contributed by atoms with E-state index in [0.717, 1.165) is 32.2 Å². The molecule has 1 atom stereocenters. The monoisotopic (exact) mass is 452 g/mol. The highest BCUT2D eigenvalue weighted by Crippen LogP contribution is 2.28. The number of rotatable bonds is 5. The van der Waals surface area contributed by atoms with Gasteiger partial charge in [-0.25, -0.2) is 4.98 Å². The Hall–Kier alpha value is -3.00. The van der Waals surface area contributed by atoms with Crippen LogP contribution in [0.4, 0.5) is 5.69 Å². The molecule has 2 aromatic heterocycles. The molecule has 8 heteroatoms. The zero-order valence-corrected chi connectivity index (χ0v) is 19.5. The lowest BCUT2D eigenvalue weighted by Gasteiger charge is -2.33. The van der Waals surface area contributed by atoms with E-state index < -0.39 is 0 Å². The molecule has 1 saturated heterocycles. The van der Waals surface area contributed by atoms with E-state index in [2.05, 4.69) is 17.2 Å². The molecule has 1 fully saturated rings. The second-order valence-electron chi connectivity index (χ2n) is 8.35. The molecule has 0 saturated carbocycles. The number of hydrogen-bond donors (Lipinski definition) is 1. The first-order chi connectivity index (χ1) is 15.4. The van der Waals surface area contributed by atoms with Gasteiger partial charge in [-0.05, 0) is 62.8 Å². The van der Waals surface area contributed by atoms with Gasteiger partial charge < -0.3 is 10.2 Å². The fourth-order valence-electron chi connectivity index (χ4n) is 4.21. The average Bonchev–Trinajstić information content (AvgIpc) is 3.13. The third kappa shape index (κ3) is 4.32. The molecule has 2 amide bonds. The number of fused-ring (bicyclic) bond motifs is 1. The molecule has 1 N–H and O–H groups in total. The van der Waals surface area contributed by atoms with Crippen LogP contribution in [-0.4, -0.2) is 38.9 Å². The summed E-state index contributed by atoms with van der Waals surface area (Å²) in [6.07, 6.45) is 5.45. The number of benzene rings is 1. The largest absolute Gasteiger partial charge is 0.338 e. The van der Waals surface area contributed by atoms with Crippen molar-refractivity contribution in [3.8, 4) is 0 Å². The summed E-state index contributed by atoms with van der Waals surface area (Å²) in [6.45, 7) is 6.58. The summed E-state index contributed by atoms with van der Waals surface area (Å²) in [7, 11) is 0. The van der Waals surface area contributed by atoms with Crippen LogP contribution in [0.1, 0.15) is 53.9 Å². The van der Waals surface area contributed by atoms with Crippen LogP contribution in [0.25, 0.3) is 10.2 Å². The van der Waals surface area contributed by atoms with Gasteiger partial charge in [0.05, 0.1) is 16.6 Å². The van der Waals surface area contributed by atoms with Gasteiger partial charge in [-0.2, -0.15) is 0 Å². The predicted octanol–water partition coefficient (Wildman–Crippen LogP) is 3.98. The number of amides is 2. The maximum Gasteiger partial charge on any atom is 0.266 e. The van der Waals surface area contributed by atoms with Crippen LogP contribution in [-0.2, 0) is 17.8 Å². The number of anilines is 1. The Labute approximate surface area is 191 Å². The Kier molecular flexibility index (Phi) is 6.41. The van der Waals surface area contributed by atoms with Crippen LogP contribution in [0.15, 0.2) is 35.4 Å². The number of nitrogens with one attached hydrogen (secondary N) is 1. The Bertz CT molecular complexity index is 1210. The normalized spacial score (nSPS) is 16.3. The van der Waals surface area contributed by atoms with E-state index in [9.17, 15) is 14.4 Å². The maximum atomic E-state index is 13.1. The summed E-state index contributed by atoms with van der Waals surface area (Å²) in [5.74, 6) is -0.333. The summed E-state index contributed by atoms with van der Waals surface area (Å²) in [4.78, 5) is 46.0.